The number of hydrogen-bond donors (Lipinski definition) is 1. The minimum atomic E-state index is -0.366. The first-order valence-electron chi connectivity index (χ1n) is 7.43. The summed E-state index contributed by atoms with van der Waals surface area (Å²) in [6, 6.07) is 12.8. The van der Waals surface area contributed by atoms with E-state index in [4.69, 9.17) is 0 Å². The van der Waals surface area contributed by atoms with Crippen molar-refractivity contribution >= 4 is 23.0 Å². The number of nitrogens with zero attached hydrogens (tertiary/aromatic N) is 2. The number of β-lactam (4-membered cyclic amide) rings is 1. The highest BCUT2D eigenvalue weighted by atomic mass is 16.6. The molecule has 1 aliphatic heterocycles. The van der Waals surface area contributed by atoms with Gasteiger partial charge in [-0.15, -0.1) is 0 Å². The quantitative estimate of drug-likeness (QED) is 0.522. The molecule has 0 bridgehead atoms. The van der Waals surface area contributed by atoms with Crippen molar-refractivity contribution in [1.82, 2.24) is 0 Å². The molecule has 1 fully saturated rings. The maximum atomic E-state index is 11.5. The summed E-state index contributed by atoms with van der Waals surface area (Å²) in [7, 11) is 0. The number of anilines is 2. The molecule has 0 aromatic heterocycles. The molecule has 1 N–H and O–H groups in total. The van der Waals surface area contributed by atoms with Gasteiger partial charge in [-0.05, 0) is 30.7 Å². The van der Waals surface area contributed by atoms with Crippen molar-refractivity contribution in [1.29, 1.82) is 0 Å². The van der Waals surface area contributed by atoms with Crippen LogP contribution in [0.3, 0.4) is 0 Å². The molecule has 118 valence electrons. The second-order valence-corrected chi connectivity index (χ2v) is 5.58. The average molecular weight is 311 g/mol. The van der Waals surface area contributed by atoms with E-state index in [1.807, 2.05) is 30.3 Å². The molecule has 6 nitrogen and oxygen atoms in total. The molecule has 2 aromatic rings. The number of nitro benzene ring substituents is 1. The van der Waals surface area contributed by atoms with Crippen molar-refractivity contribution in [2.45, 2.75) is 19.9 Å². The fraction of sp³-hybridized carbons (Fsp3) is 0.235. The first-order valence-corrected chi connectivity index (χ1v) is 7.43. The molecule has 0 unspecified atom stereocenters. The Balaban J connectivity index is 1.71. The molecule has 0 spiro atoms. The highest BCUT2D eigenvalue weighted by Gasteiger charge is 2.25. The maximum Gasteiger partial charge on any atom is 0.272 e. The van der Waals surface area contributed by atoms with E-state index in [1.165, 1.54) is 0 Å². The zero-order valence-corrected chi connectivity index (χ0v) is 12.8. The van der Waals surface area contributed by atoms with E-state index in [2.05, 4.69) is 5.32 Å². The zero-order valence-electron chi connectivity index (χ0n) is 12.8. The number of nitro groups is 1. The van der Waals surface area contributed by atoms with Crippen LogP contribution in [-0.4, -0.2) is 17.4 Å². The molecule has 0 radical (unpaired) electrons. The Morgan fingerprint density at radius 1 is 1.26 bits per heavy atom. The number of carbonyl (C=O) groups is 1. The van der Waals surface area contributed by atoms with Crippen LogP contribution in [-0.2, 0) is 11.3 Å². The lowest BCUT2D eigenvalue weighted by Gasteiger charge is -2.30. The summed E-state index contributed by atoms with van der Waals surface area (Å²) in [4.78, 5) is 23.9. The van der Waals surface area contributed by atoms with Crippen molar-refractivity contribution in [2.24, 2.45) is 0 Å². The average Bonchev–Trinajstić information content (AvgIpc) is 2.53. The van der Waals surface area contributed by atoms with Gasteiger partial charge in [0.25, 0.3) is 5.69 Å². The summed E-state index contributed by atoms with van der Waals surface area (Å²) in [6.45, 7) is 2.97. The van der Waals surface area contributed by atoms with Crippen molar-refractivity contribution in [3.8, 4) is 0 Å². The molecule has 0 aliphatic carbocycles. The third-order valence-corrected chi connectivity index (χ3v) is 3.98. The fourth-order valence-corrected chi connectivity index (χ4v) is 2.54. The minimum Gasteiger partial charge on any atom is -0.381 e. The fourth-order valence-electron chi connectivity index (χ4n) is 2.54. The number of carbonyl (C=O) groups excluding carboxylic acids is 1. The molecule has 1 amide bonds. The highest BCUT2D eigenvalue weighted by molar-refractivity contribution is 5.99. The minimum absolute atomic E-state index is 0.129. The molecular weight excluding hydrogens is 294 g/mol. The Morgan fingerprint density at radius 2 is 2.09 bits per heavy atom. The van der Waals surface area contributed by atoms with Gasteiger partial charge >= 0.3 is 0 Å². The molecule has 1 saturated heterocycles. The molecule has 6 heteroatoms. The summed E-state index contributed by atoms with van der Waals surface area (Å²) in [5.41, 5.74) is 3.38. The van der Waals surface area contributed by atoms with E-state index >= 15 is 0 Å². The summed E-state index contributed by atoms with van der Waals surface area (Å²) in [5.74, 6) is 0.135. The van der Waals surface area contributed by atoms with Crippen LogP contribution in [0.4, 0.5) is 17.1 Å². The van der Waals surface area contributed by atoms with Crippen LogP contribution in [0.1, 0.15) is 17.5 Å². The largest absolute Gasteiger partial charge is 0.381 e. The number of aryl methyl sites for hydroxylation is 1. The normalized spacial score (nSPS) is 13.6. The zero-order chi connectivity index (χ0) is 16.4. The summed E-state index contributed by atoms with van der Waals surface area (Å²) >= 11 is 0. The Labute approximate surface area is 133 Å². The van der Waals surface area contributed by atoms with Gasteiger partial charge in [-0.25, -0.2) is 0 Å². The van der Waals surface area contributed by atoms with Crippen LogP contribution in [0, 0.1) is 17.0 Å². The van der Waals surface area contributed by atoms with Crippen molar-refractivity contribution in [2.75, 3.05) is 16.8 Å². The lowest BCUT2D eigenvalue weighted by Crippen LogP contribution is -2.43. The van der Waals surface area contributed by atoms with E-state index in [9.17, 15) is 14.9 Å². The third kappa shape index (κ3) is 3.15. The van der Waals surface area contributed by atoms with Gasteiger partial charge in [-0.1, -0.05) is 18.2 Å². The van der Waals surface area contributed by atoms with Crippen LogP contribution in [0.5, 0.6) is 0 Å². The van der Waals surface area contributed by atoms with Gasteiger partial charge in [0.1, 0.15) is 0 Å². The standard InChI is InChI=1S/C17H17N3O3/c1-12-5-6-13(9-16(12)20(22)23)11-18-14-3-2-4-15(10-14)19-8-7-17(19)21/h2-6,9-10,18H,7-8,11H2,1H3. The summed E-state index contributed by atoms with van der Waals surface area (Å²) < 4.78 is 0. The van der Waals surface area contributed by atoms with E-state index in [1.54, 1.807) is 24.0 Å². The molecule has 3 rings (SSSR count). The van der Waals surface area contributed by atoms with Crippen LogP contribution in [0.25, 0.3) is 0 Å². The molecule has 1 heterocycles. The molecule has 2 aromatic carbocycles. The number of nitrogens with one attached hydrogen (secondary N) is 1. The monoisotopic (exact) mass is 311 g/mol. The lowest BCUT2D eigenvalue weighted by atomic mass is 10.1. The van der Waals surface area contributed by atoms with Crippen LogP contribution in [0.2, 0.25) is 0 Å². The molecule has 1 aliphatic rings. The van der Waals surface area contributed by atoms with Gasteiger partial charge < -0.3 is 10.2 Å². The van der Waals surface area contributed by atoms with Crippen molar-refractivity contribution in [3.05, 3.63) is 63.7 Å². The van der Waals surface area contributed by atoms with Gasteiger partial charge in [-0.3, -0.25) is 14.9 Å². The van der Waals surface area contributed by atoms with Crippen molar-refractivity contribution in [3.63, 3.8) is 0 Å². The predicted octanol–water partition coefficient (Wildman–Crippen LogP) is 3.25. The molecular formula is C17H17N3O3. The third-order valence-electron chi connectivity index (χ3n) is 3.98. The Morgan fingerprint density at radius 3 is 2.74 bits per heavy atom. The Bertz CT molecular complexity index is 773. The van der Waals surface area contributed by atoms with E-state index < -0.39 is 0 Å². The summed E-state index contributed by atoms with van der Waals surface area (Å²) in [5, 5.41) is 14.2. The Kier molecular flexibility index (Phi) is 3.97. The number of rotatable bonds is 5. The number of amides is 1. The maximum absolute atomic E-state index is 11.5. The molecule has 23 heavy (non-hydrogen) atoms. The van der Waals surface area contributed by atoms with Crippen LogP contribution >= 0.6 is 0 Å². The van der Waals surface area contributed by atoms with Gasteiger partial charge in [0.2, 0.25) is 5.91 Å². The number of benzene rings is 2. The van der Waals surface area contributed by atoms with Gasteiger partial charge in [-0.2, -0.15) is 0 Å². The topological polar surface area (TPSA) is 75.5 Å². The first-order chi connectivity index (χ1) is 11.0. The second-order valence-electron chi connectivity index (χ2n) is 5.58. The van der Waals surface area contributed by atoms with Crippen LogP contribution in [0.15, 0.2) is 42.5 Å². The number of hydrogen-bond acceptors (Lipinski definition) is 4. The lowest BCUT2D eigenvalue weighted by molar-refractivity contribution is -0.385. The Hall–Kier alpha value is -2.89. The van der Waals surface area contributed by atoms with Crippen LogP contribution < -0.4 is 10.2 Å². The molecule has 0 saturated carbocycles. The van der Waals surface area contributed by atoms with E-state index in [-0.39, 0.29) is 16.5 Å². The SMILES string of the molecule is Cc1ccc(CNc2cccc(N3CCC3=O)c2)cc1[N+](=O)[O-]. The van der Waals surface area contributed by atoms with Gasteiger partial charge in [0, 0.05) is 42.5 Å². The van der Waals surface area contributed by atoms with Gasteiger partial charge in [0.15, 0.2) is 0 Å². The molecule has 0 atom stereocenters. The van der Waals surface area contributed by atoms with E-state index in [0.717, 1.165) is 23.5 Å². The van der Waals surface area contributed by atoms with Crippen molar-refractivity contribution < 1.29 is 9.72 Å². The first kappa shape index (κ1) is 15.0. The smallest absolute Gasteiger partial charge is 0.272 e. The van der Waals surface area contributed by atoms with Gasteiger partial charge in [0.05, 0.1) is 4.92 Å². The van der Waals surface area contributed by atoms with E-state index in [0.29, 0.717) is 18.5 Å². The predicted molar refractivity (Wildman–Crippen MR) is 88.6 cm³/mol. The second kappa shape index (κ2) is 6.08. The summed E-state index contributed by atoms with van der Waals surface area (Å²) in [6.07, 6.45) is 0.602. The highest BCUT2D eigenvalue weighted by Crippen LogP contribution is 2.25.